The predicted molar refractivity (Wildman–Crippen MR) is 78.4 cm³/mol. The van der Waals surface area contributed by atoms with Crippen LogP contribution in [0.3, 0.4) is 0 Å². The Kier molecular flexibility index (Phi) is 5.76. The Morgan fingerprint density at radius 2 is 1.95 bits per heavy atom. The molecule has 0 fully saturated rings. The van der Waals surface area contributed by atoms with Gasteiger partial charge in [0.2, 0.25) is 0 Å². The molecule has 1 rings (SSSR count). The lowest BCUT2D eigenvalue weighted by molar-refractivity contribution is 0.278. The van der Waals surface area contributed by atoms with Crippen LogP contribution in [0, 0.1) is 5.41 Å². The summed E-state index contributed by atoms with van der Waals surface area (Å²) < 4.78 is 5.57. The van der Waals surface area contributed by atoms with E-state index in [1.165, 1.54) is 0 Å². The van der Waals surface area contributed by atoms with Gasteiger partial charge in [0.05, 0.1) is 16.7 Å². The van der Waals surface area contributed by atoms with E-state index in [1.807, 2.05) is 13.8 Å². The molecule has 0 heterocycles. The predicted octanol–water partition coefficient (Wildman–Crippen LogP) is 3.93. The first-order valence-electron chi connectivity index (χ1n) is 5.93. The van der Waals surface area contributed by atoms with Gasteiger partial charge in [0, 0.05) is 5.41 Å². The molecule has 0 saturated heterocycles. The Bertz CT molecular complexity index is 442. The van der Waals surface area contributed by atoms with E-state index < -0.39 is 0 Å². The maximum Gasteiger partial charge on any atom is 0.156 e. The fourth-order valence-corrected chi connectivity index (χ4v) is 2.08. The largest absolute Gasteiger partial charge is 0.490 e. The van der Waals surface area contributed by atoms with Crippen LogP contribution in [0.2, 0.25) is 10.0 Å². The molecule has 0 radical (unpaired) electrons. The highest BCUT2D eigenvalue weighted by atomic mass is 35.5. The molecule has 0 atom stereocenters. The Morgan fingerprint density at radius 3 is 2.47 bits per heavy atom. The molecule has 1 aromatic rings. The fourth-order valence-electron chi connectivity index (χ4n) is 1.57. The lowest BCUT2D eigenvalue weighted by atomic mass is 9.87. The number of nitrogens with zero attached hydrogens (tertiary/aromatic N) is 1. The van der Waals surface area contributed by atoms with Crippen molar-refractivity contribution in [2.75, 3.05) is 6.61 Å². The highest BCUT2D eigenvalue weighted by Crippen LogP contribution is 2.32. The van der Waals surface area contributed by atoms with Gasteiger partial charge in [-0.15, -0.1) is 0 Å². The molecule has 6 heteroatoms. The molecular weight excluding hydrogens is 287 g/mol. The first kappa shape index (κ1) is 15.9. The first-order chi connectivity index (χ1) is 8.88. The van der Waals surface area contributed by atoms with Gasteiger partial charge in [-0.3, -0.25) is 0 Å². The van der Waals surface area contributed by atoms with E-state index in [4.69, 9.17) is 38.9 Å². The number of hydrogen-bond acceptors (Lipinski definition) is 3. The maximum atomic E-state index is 8.67. The van der Waals surface area contributed by atoms with Crippen LogP contribution in [0.5, 0.6) is 5.75 Å². The summed E-state index contributed by atoms with van der Waals surface area (Å²) in [6.45, 7) is 4.28. The van der Waals surface area contributed by atoms with Crippen molar-refractivity contribution in [3.8, 4) is 5.75 Å². The molecule has 0 unspecified atom stereocenters. The lowest BCUT2D eigenvalue weighted by Gasteiger charge is -2.22. The van der Waals surface area contributed by atoms with E-state index >= 15 is 0 Å². The van der Waals surface area contributed by atoms with Gasteiger partial charge in [0.1, 0.15) is 5.84 Å². The third-order valence-corrected chi connectivity index (χ3v) is 3.51. The maximum absolute atomic E-state index is 8.67. The van der Waals surface area contributed by atoms with Gasteiger partial charge in [-0.25, -0.2) is 0 Å². The molecule has 0 bridgehead atoms. The van der Waals surface area contributed by atoms with Gasteiger partial charge in [-0.2, -0.15) is 0 Å². The standard InChI is InChI=1S/C13H18Cl2N2O2/c1-13(2,12(16)17-18)7-4-8-19-11-9(14)5-3-6-10(11)15/h3,5-6,18H,4,7-8H2,1-2H3,(H2,16,17). The van der Waals surface area contributed by atoms with Gasteiger partial charge in [0.15, 0.2) is 5.75 Å². The number of hydrogen-bond donors (Lipinski definition) is 2. The molecule has 106 valence electrons. The van der Waals surface area contributed by atoms with E-state index in [0.29, 0.717) is 22.4 Å². The molecule has 0 aliphatic heterocycles. The lowest BCUT2D eigenvalue weighted by Crippen LogP contribution is -2.32. The van der Waals surface area contributed by atoms with Crippen LogP contribution in [0.25, 0.3) is 0 Å². The van der Waals surface area contributed by atoms with Crippen LogP contribution in [0.1, 0.15) is 26.7 Å². The van der Waals surface area contributed by atoms with Crippen molar-refractivity contribution in [1.82, 2.24) is 0 Å². The molecule has 0 aliphatic rings. The minimum Gasteiger partial charge on any atom is -0.490 e. The average molecular weight is 305 g/mol. The van der Waals surface area contributed by atoms with E-state index in [2.05, 4.69) is 5.16 Å². The minimum atomic E-state index is -0.373. The van der Waals surface area contributed by atoms with E-state index in [-0.39, 0.29) is 11.3 Å². The van der Waals surface area contributed by atoms with Crippen molar-refractivity contribution in [2.45, 2.75) is 26.7 Å². The van der Waals surface area contributed by atoms with Crippen LogP contribution in [-0.2, 0) is 0 Å². The molecule has 4 nitrogen and oxygen atoms in total. The number of rotatable bonds is 6. The Morgan fingerprint density at radius 1 is 1.37 bits per heavy atom. The number of para-hydroxylation sites is 1. The zero-order valence-corrected chi connectivity index (χ0v) is 12.5. The molecular formula is C13H18Cl2N2O2. The van der Waals surface area contributed by atoms with Crippen molar-refractivity contribution in [3.63, 3.8) is 0 Å². The van der Waals surface area contributed by atoms with Crippen LogP contribution in [0.4, 0.5) is 0 Å². The highest BCUT2D eigenvalue weighted by Gasteiger charge is 2.23. The average Bonchev–Trinajstić information content (AvgIpc) is 2.36. The summed E-state index contributed by atoms with van der Waals surface area (Å²) in [5, 5.41) is 12.7. The summed E-state index contributed by atoms with van der Waals surface area (Å²) in [5.41, 5.74) is 5.24. The monoisotopic (exact) mass is 304 g/mol. The van der Waals surface area contributed by atoms with Gasteiger partial charge in [-0.1, -0.05) is 48.3 Å². The summed E-state index contributed by atoms with van der Waals surface area (Å²) >= 11 is 12.0. The number of nitrogens with two attached hydrogens (primary N) is 1. The number of halogens is 2. The minimum absolute atomic E-state index is 0.211. The van der Waals surface area contributed by atoms with Gasteiger partial charge < -0.3 is 15.7 Å². The van der Waals surface area contributed by atoms with Crippen LogP contribution >= 0.6 is 23.2 Å². The zero-order chi connectivity index (χ0) is 14.5. The summed E-state index contributed by atoms with van der Waals surface area (Å²) in [4.78, 5) is 0. The van der Waals surface area contributed by atoms with E-state index in [9.17, 15) is 0 Å². The second-order valence-electron chi connectivity index (χ2n) is 4.87. The Balaban J connectivity index is 2.48. The second-order valence-corrected chi connectivity index (χ2v) is 5.69. The van der Waals surface area contributed by atoms with Crippen LogP contribution in [-0.4, -0.2) is 17.6 Å². The molecule has 3 N–H and O–H groups in total. The molecule has 0 amide bonds. The van der Waals surface area contributed by atoms with Crippen molar-refractivity contribution in [1.29, 1.82) is 0 Å². The molecule has 0 aromatic heterocycles. The highest BCUT2D eigenvalue weighted by molar-refractivity contribution is 6.37. The zero-order valence-electron chi connectivity index (χ0n) is 11.0. The number of ether oxygens (including phenoxy) is 1. The van der Waals surface area contributed by atoms with Gasteiger partial charge >= 0.3 is 0 Å². The number of amidine groups is 1. The SMILES string of the molecule is CC(C)(CCCOc1c(Cl)cccc1Cl)C(N)=NO. The smallest absolute Gasteiger partial charge is 0.156 e. The summed E-state index contributed by atoms with van der Waals surface area (Å²) in [7, 11) is 0. The Hall–Kier alpha value is -1.13. The first-order valence-corrected chi connectivity index (χ1v) is 6.69. The Labute approximate surface area is 123 Å². The van der Waals surface area contributed by atoms with Crippen molar-refractivity contribution in [2.24, 2.45) is 16.3 Å². The van der Waals surface area contributed by atoms with Gasteiger partial charge in [0.25, 0.3) is 0 Å². The van der Waals surface area contributed by atoms with Crippen LogP contribution in [0.15, 0.2) is 23.4 Å². The number of benzene rings is 1. The second kappa shape index (κ2) is 6.87. The summed E-state index contributed by atoms with van der Waals surface area (Å²) in [6.07, 6.45) is 1.47. The van der Waals surface area contributed by atoms with Crippen LogP contribution < -0.4 is 10.5 Å². The summed E-state index contributed by atoms with van der Waals surface area (Å²) in [5.74, 6) is 0.704. The molecule has 0 spiro atoms. The van der Waals surface area contributed by atoms with Gasteiger partial charge in [-0.05, 0) is 25.0 Å². The molecule has 1 aromatic carbocycles. The van der Waals surface area contributed by atoms with Crippen molar-refractivity contribution in [3.05, 3.63) is 28.2 Å². The van der Waals surface area contributed by atoms with Crippen molar-refractivity contribution >= 4 is 29.0 Å². The molecule has 19 heavy (non-hydrogen) atoms. The normalized spacial score (nSPS) is 12.5. The topological polar surface area (TPSA) is 67.8 Å². The molecule has 0 aliphatic carbocycles. The van der Waals surface area contributed by atoms with Crippen molar-refractivity contribution < 1.29 is 9.94 Å². The van der Waals surface area contributed by atoms with E-state index in [0.717, 1.165) is 12.8 Å². The van der Waals surface area contributed by atoms with E-state index in [1.54, 1.807) is 18.2 Å². The quantitative estimate of drug-likeness (QED) is 0.275. The fraction of sp³-hybridized carbons (Fsp3) is 0.462. The summed E-state index contributed by atoms with van der Waals surface area (Å²) in [6, 6.07) is 5.21. The third-order valence-electron chi connectivity index (χ3n) is 2.91. The third kappa shape index (κ3) is 4.48. The molecule has 0 saturated carbocycles. The number of oxime groups is 1.